The van der Waals surface area contributed by atoms with Crippen molar-refractivity contribution < 1.29 is 4.42 Å². The Hall–Kier alpha value is -0.800. The molecule has 0 spiro atoms. The maximum Gasteiger partial charge on any atom is 0.120 e. The van der Waals surface area contributed by atoms with Crippen LogP contribution in [0.3, 0.4) is 0 Å². The predicted octanol–water partition coefficient (Wildman–Crippen LogP) is 2.80. The average molecular weight is 236 g/mol. The van der Waals surface area contributed by atoms with Crippen molar-refractivity contribution in [3.63, 3.8) is 0 Å². The summed E-state index contributed by atoms with van der Waals surface area (Å²) in [5, 5.41) is 3.59. The first-order valence-corrected chi connectivity index (χ1v) is 6.77. The molecule has 2 atom stereocenters. The molecule has 1 aromatic heterocycles. The minimum absolute atomic E-state index is 0.296. The largest absolute Gasteiger partial charge is 0.468 e. The van der Waals surface area contributed by atoms with Gasteiger partial charge in [0.25, 0.3) is 0 Å². The molecule has 0 amide bonds. The zero-order chi connectivity index (χ0) is 12.1. The Morgan fingerprint density at radius 2 is 2.06 bits per heavy atom. The molecular formula is C14H24N2O. The van der Waals surface area contributed by atoms with Crippen molar-refractivity contribution in [2.45, 2.75) is 45.2 Å². The zero-order valence-electron chi connectivity index (χ0n) is 11.0. The third-order valence-corrected chi connectivity index (χ3v) is 3.49. The van der Waals surface area contributed by atoms with Gasteiger partial charge in [-0.1, -0.05) is 6.42 Å². The molecular weight excluding hydrogens is 212 g/mol. The standard InChI is InChI=1S/C14H24N2O/c1-12(11-16-8-4-3-5-9-16)15-13(2)14-7-6-10-17-14/h6-7,10,12-13,15H,3-5,8-9,11H2,1-2H3. The molecule has 1 aliphatic heterocycles. The van der Waals surface area contributed by atoms with Gasteiger partial charge < -0.3 is 14.6 Å². The van der Waals surface area contributed by atoms with E-state index in [9.17, 15) is 0 Å². The number of rotatable bonds is 5. The van der Waals surface area contributed by atoms with Crippen LogP contribution in [0.2, 0.25) is 0 Å². The maximum atomic E-state index is 5.41. The molecule has 1 N–H and O–H groups in total. The predicted molar refractivity (Wildman–Crippen MR) is 70.0 cm³/mol. The van der Waals surface area contributed by atoms with E-state index in [1.807, 2.05) is 12.1 Å². The van der Waals surface area contributed by atoms with E-state index in [2.05, 4.69) is 24.1 Å². The van der Waals surface area contributed by atoms with Gasteiger partial charge in [0, 0.05) is 12.6 Å². The molecule has 0 radical (unpaired) electrons. The Balaban J connectivity index is 1.74. The van der Waals surface area contributed by atoms with Gasteiger partial charge in [-0.05, 0) is 51.9 Å². The number of nitrogens with zero attached hydrogens (tertiary/aromatic N) is 1. The third kappa shape index (κ3) is 3.86. The fourth-order valence-electron chi connectivity index (χ4n) is 2.63. The normalized spacial score (nSPS) is 21.3. The monoisotopic (exact) mass is 236 g/mol. The lowest BCUT2D eigenvalue weighted by Crippen LogP contribution is -2.42. The van der Waals surface area contributed by atoms with Gasteiger partial charge in [-0.25, -0.2) is 0 Å². The Morgan fingerprint density at radius 3 is 2.71 bits per heavy atom. The molecule has 3 nitrogen and oxygen atoms in total. The Bertz CT molecular complexity index is 304. The van der Waals surface area contributed by atoms with Crippen LogP contribution in [0.4, 0.5) is 0 Å². The molecule has 0 bridgehead atoms. The topological polar surface area (TPSA) is 28.4 Å². The van der Waals surface area contributed by atoms with Gasteiger partial charge in [-0.3, -0.25) is 0 Å². The minimum atomic E-state index is 0.296. The van der Waals surface area contributed by atoms with E-state index in [1.54, 1.807) is 6.26 Å². The summed E-state index contributed by atoms with van der Waals surface area (Å²) < 4.78 is 5.41. The van der Waals surface area contributed by atoms with Crippen LogP contribution in [0.1, 0.15) is 44.9 Å². The van der Waals surface area contributed by atoms with Crippen molar-refractivity contribution in [1.82, 2.24) is 10.2 Å². The highest BCUT2D eigenvalue weighted by Crippen LogP contribution is 2.14. The highest BCUT2D eigenvalue weighted by Gasteiger charge is 2.16. The summed E-state index contributed by atoms with van der Waals surface area (Å²) in [6, 6.07) is 4.78. The number of hydrogen-bond acceptors (Lipinski definition) is 3. The molecule has 2 heterocycles. The highest BCUT2D eigenvalue weighted by molar-refractivity contribution is 5.03. The van der Waals surface area contributed by atoms with Gasteiger partial charge in [0.05, 0.1) is 12.3 Å². The van der Waals surface area contributed by atoms with Crippen molar-refractivity contribution in [2.24, 2.45) is 0 Å². The minimum Gasteiger partial charge on any atom is -0.468 e. The van der Waals surface area contributed by atoms with Crippen molar-refractivity contribution in [3.8, 4) is 0 Å². The Kier molecular flexibility index (Phi) is 4.63. The molecule has 3 heteroatoms. The van der Waals surface area contributed by atoms with Crippen LogP contribution >= 0.6 is 0 Å². The van der Waals surface area contributed by atoms with E-state index in [1.165, 1.54) is 32.4 Å². The van der Waals surface area contributed by atoms with E-state index < -0.39 is 0 Å². The summed E-state index contributed by atoms with van der Waals surface area (Å²) in [5.41, 5.74) is 0. The van der Waals surface area contributed by atoms with E-state index in [4.69, 9.17) is 4.42 Å². The second kappa shape index (κ2) is 6.22. The molecule has 96 valence electrons. The summed E-state index contributed by atoms with van der Waals surface area (Å²) in [6.07, 6.45) is 5.87. The quantitative estimate of drug-likeness (QED) is 0.852. The van der Waals surface area contributed by atoms with Crippen LogP contribution in [-0.4, -0.2) is 30.6 Å². The smallest absolute Gasteiger partial charge is 0.120 e. The third-order valence-electron chi connectivity index (χ3n) is 3.49. The van der Waals surface area contributed by atoms with Gasteiger partial charge in [0.1, 0.15) is 5.76 Å². The number of nitrogens with one attached hydrogen (secondary N) is 1. The number of hydrogen-bond donors (Lipinski definition) is 1. The van der Waals surface area contributed by atoms with Gasteiger partial charge in [-0.2, -0.15) is 0 Å². The van der Waals surface area contributed by atoms with Crippen LogP contribution in [0.15, 0.2) is 22.8 Å². The molecule has 1 aromatic rings. The van der Waals surface area contributed by atoms with E-state index in [-0.39, 0.29) is 0 Å². The SMILES string of the molecule is CC(CN1CCCCC1)NC(C)c1ccco1. The molecule has 1 fully saturated rings. The van der Waals surface area contributed by atoms with Crippen LogP contribution < -0.4 is 5.32 Å². The zero-order valence-corrected chi connectivity index (χ0v) is 11.0. The second-order valence-corrected chi connectivity index (χ2v) is 5.17. The average Bonchev–Trinajstić information content (AvgIpc) is 2.83. The van der Waals surface area contributed by atoms with Gasteiger partial charge >= 0.3 is 0 Å². The Morgan fingerprint density at radius 1 is 1.29 bits per heavy atom. The first-order valence-electron chi connectivity index (χ1n) is 6.77. The summed E-state index contributed by atoms with van der Waals surface area (Å²) in [6.45, 7) is 8.09. The fraction of sp³-hybridized carbons (Fsp3) is 0.714. The molecule has 1 aliphatic rings. The lowest BCUT2D eigenvalue weighted by Gasteiger charge is -2.30. The van der Waals surface area contributed by atoms with Gasteiger partial charge in [0.2, 0.25) is 0 Å². The van der Waals surface area contributed by atoms with Crippen LogP contribution in [0.5, 0.6) is 0 Å². The first-order chi connectivity index (χ1) is 8.25. The lowest BCUT2D eigenvalue weighted by molar-refractivity contribution is 0.203. The van der Waals surface area contributed by atoms with E-state index >= 15 is 0 Å². The number of piperidine rings is 1. The van der Waals surface area contributed by atoms with Crippen LogP contribution in [0, 0.1) is 0 Å². The molecule has 0 saturated carbocycles. The van der Waals surface area contributed by atoms with Crippen molar-refractivity contribution >= 4 is 0 Å². The Labute approximate surface area is 104 Å². The van der Waals surface area contributed by atoms with Crippen molar-refractivity contribution in [1.29, 1.82) is 0 Å². The van der Waals surface area contributed by atoms with Gasteiger partial charge in [-0.15, -0.1) is 0 Å². The van der Waals surface area contributed by atoms with Crippen LogP contribution in [0.25, 0.3) is 0 Å². The lowest BCUT2D eigenvalue weighted by atomic mass is 10.1. The summed E-state index contributed by atoms with van der Waals surface area (Å²) in [7, 11) is 0. The summed E-state index contributed by atoms with van der Waals surface area (Å²) in [4.78, 5) is 2.57. The fourth-order valence-corrected chi connectivity index (χ4v) is 2.63. The van der Waals surface area contributed by atoms with E-state index in [0.29, 0.717) is 12.1 Å². The molecule has 1 saturated heterocycles. The molecule has 2 unspecified atom stereocenters. The first kappa shape index (κ1) is 12.7. The van der Waals surface area contributed by atoms with E-state index in [0.717, 1.165) is 12.3 Å². The van der Waals surface area contributed by atoms with Gasteiger partial charge in [0.15, 0.2) is 0 Å². The number of furan rings is 1. The molecule has 0 aromatic carbocycles. The number of likely N-dealkylation sites (tertiary alicyclic amines) is 1. The summed E-state index contributed by atoms with van der Waals surface area (Å²) >= 11 is 0. The second-order valence-electron chi connectivity index (χ2n) is 5.17. The molecule has 0 aliphatic carbocycles. The highest BCUT2D eigenvalue weighted by atomic mass is 16.3. The summed E-state index contributed by atoms with van der Waals surface area (Å²) in [5.74, 6) is 1.02. The maximum absolute atomic E-state index is 5.41. The molecule has 2 rings (SSSR count). The van der Waals surface area contributed by atoms with Crippen molar-refractivity contribution in [3.05, 3.63) is 24.2 Å². The van der Waals surface area contributed by atoms with Crippen molar-refractivity contribution in [2.75, 3.05) is 19.6 Å². The molecule has 17 heavy (non-hydrogen) atoms. The van der Waals surface area contributed by atoms with Crippen LogP contribution in [-0.2, 0) is 0 Å².